The Morgan fingerprint density at radius 3 is 2.20 bits per heavy atom. The zero-order valence-electron chi connectivity index (χ0n) is 14.7. The van der Waals surface area contributed by atoms with Crippen molar-refractivity contribution >= 4 is 39.9 Å². The summed E-state index contributed by atoms with van der Waals surface area (Å²) in [5.74, 6) is 0.569. The number of benzene rings is 2. The number of hydrogen-bond acceptors (Lipinski definition) is 5. The molecule has 0 radical (unpaired) electrons. The molecule has 2 aromatic rings. The van der Waals surface area contributed by atoms with Crippen LogP contribution in [0.1, 0.15) is 24.2 Å². The normalized spacial score (nSPS) is 13.3. The second-order valence-electron chi connectivity index (χ2n) is 5.55. The van der Waals surface area contributed by atoms with E-state index < -0.39 is 5.47 Å². The molecule has 0 aliphatic heterocycles. The Morgan fingerprint density at radius 2 is 1.72 bits per heavy atom. The lowest BCUT2D eigenvalue weighted by atomic mass is 10.2. The van der Waals surface area contributed by atoms with Gasteiger partial charge in [-0.1, -0.05) is 29.6 Å². The quantitative estimate of drug-likeness (QED) is 0.511. The Hall–Kier alpha value is -1.33. The molecule has 1 unspecified atom stereocenters. The molecular weight excluding hydrogens is 373 g/mol. The van der Waals surface area contributed by atoms with Crippen LogP contribution in [0.4, 0.5) is 0 Å². The van der Waals surface area contributed by atoms with Crippen molar-refractivity contribution in [2.45, 2.75) is 19.9 Å². The van der Waals surface area contributed by atoms with Crippen molar-refractivity contribution in [1.82, 2.24) is 5.06 Å². The smallest absolute Gasteiger partial charge is 0.277 e. The predicted octanol–water partition coefficient (Wildman–Crippen LogP) is 4.48. The van der Waals surface area contributed by atoms with Crippen LogP contribution < -0.4 is 10.0 Å². The second kappa shape index (κ2) is 8.86. The molecule has 0 heterocycles. The van der Waals surface area contributed by atoms with Crippen LogP contribution >= 0.6 is 16.8 Å². The van der Waals surface area contributed by atoms with Crippen LogP contribution in [0.2, 0.25) is 0 Å². The molecule has 4 nitrogen and oxygen atoms in total. The van der Waals surface area contributed by atoms with E-state index >= 15 is 0 Å². The summed E-state index contributed by atoms with van der Waals surface area (Å²) in [6.45, 7) is 3.82. The van der Waals surface area contributed by atoms with E-state index in [0.717, 1.165) is 11.1 Å². The third kappa shape index (κ3) is 4.85. The van der Waals surface area contributed by atoms with Gasteiger partial charge in [0.2, 0.25) is 0 Å². The topological polar surface area (TPSA) is 38.8 Å². The highest BCUT2D eigenvalue weighted by Gasteiger charge is 2.29. The van der Waals surface area contributed by atoms with E-state index in [1.165, 1.54) is 16.4 Å². The molecule has 25 heavy (non-hydrogen) atoms. The highest BCUT2D eigenvalue weighted by Crippen LogP contribution is 2.58. The summed E-state index contributed by atoms with van der Waals surface area (Å²) in [5.41, 5.74) is -1.89. The van der Waals surface area contributed by atoms with Crippen molar-refractivity contribution in [2.75, 3.05) is 13.4 Å². The number of carbonyl (C=O) groups excluding carboxylic acids is 1. The third-order valence-corrected chi connectivity index (χ3v) is 9.77. The maximum absolute atomic E-state index is 12.9. The molecule has 1 amide bonds. The Balaban J connectivity index is 2.31. The molecule has 0 saturated heterocycles. The minimum Gasteiger partial charge on any atom is -0.497 e. The summed E-state index contributed by atoms with van der Waals surface area (Å²) >= 11 is 7.30. The molecule has 0 saturated carbocycles. The molecule has 0 aromatic heterocycles. The number of amides is 1. The SMILES string of the molecule is COc1ccc(P(=S)(ON(C(=O)c2ccccc2)C(C)C)SC)cc1. The molecule has 7 heteroatoms. The Morgan fingerprint density at radius 1 is 1.12 bits per heavy atom. The van der Waals surface area contributed by atoms with Crippen LogP contribution in [-0.4, -0.2) is 30.4 Å². The van der Waals surface area contributed by atoms with Gasteiger partial charge in [-0.3, -0.25) is 4.79 Å². The molecule has 0 aliphatic rings. The molecule has 2 rings (SSSR count). The fourth-order valence-electron chi connectivity index (χ4n) is 2.14. The van der Waals surface area contributed by atoms with Crippen LogP contribution in [0.15, 0.2) is 54.6 Å². The van der Waals surface area contributed by atoms with E-state index in [4.69, 9.17) is 21.2 Å². The van der Waals surface area contributed by atoms with Crippen molar-refractivity contribution in [3.8, 4) is 5.75 Å². The van der Waals surface area contributed by atoms with Gasteiger partial charge in [0.15, 0.2) is 5.47 Å². The Labute approximate surface area is 158 Å². The van der Waals surface area contributed by atoms with Crippen molar-refractivity contribution < 1.29 is 14.2 Å². The van der Waals surface area contributed by atoms with Crippen LogP contribution in [0.25, 0.3) is 0 Å². The van der Waals surface area contributed by atoms with Gasteiger partial charge < -0.3 is 4.74 Å². The molecular formula is C18H22NO3PS2. The first-order valence-electron chi connectivity index (χ1n) is 7.80. The summed E-state index contributed by atoms with van der Waals surface area (Å²) in [6, 6.07) is 16.5. The van der Waals surface area contributed by atoms with Gasteiger partial charge in [-0.05, 0) is 68.3 Å². The van der Waals surface area contributed by atoms with Gasteiger partial charge >= 0.3 is 0 Å². The van der Waals surface area contributed by atoms with Crippen molar-refractivity contribution in [3.63, 3.8) is 0 Å². The van der Waals surface area contributed by atoms with Crippen LogP contribution in [0, 0.1) is 0 Å². The molecule has 0 fully saturated rings. The largest absolute Gasteiger partial charge is 0.497 e. The van der Waals surface area contributed by atoms with E-state index in [1.807, 2.05) is 62.6 Å². The number of ether oxygens (including phenoxy) is 1. The van der Waals surface area contributed by atoms with Gasteiger partial charge in [-0.25, -0.2) is 9.69 Å². The molecule has 0 N–H and O–H groups in total. The van der Waals surface area contributed by atoms with Gasteiger partial charge in [0.05, 0.1) is 13.2 Å². The highest BCUT2D eigenvalue weighted by atomic mass is 32.9. The maximum atomic E-state index is 12.9. The summed E-state index contributed by atoms with van der Waals surface area (Å²) in [5, 5.41) is 2.29. The average Bonchev–Trinajstić information content (AvgIpc) is 2.66. The highest BCUT2D eigenvalue weighted by molar-refractivity contribution is 8.71. The summed E-state index contributed by atoms with van der Waals surface area (Å²) in [7, 11) is 1.62. The summed E-state index contributed by atoms with van der Waals surface area (Å²) in [6.07, 6.45) is 1.91. The van der Waals surface area contributed by atoms with Crippen LogP contribution in [-0.2, 0) is 16.4 Å². The van der Waals surface area contributed by atoms with Gasteiger partial charge in [-0.2, -0.15) is 0 Å². The van der Waals surface area contributed by atoms with Crippen molar-refractivity contribution in [2.24, 2.45) is 0 Å². The lowest BCUT2D eigenvalue weighted by molar-refractivity contribution is -0.0423. The number of rotatable bonds is 7. The van der Waals surface area contributed by atoms with Gasteiger partial charge in [-0.15, -0.1) is 0 Å². The lowest BCUT2D eigenvalue weighted by Gasteiger charge is -2.31. The van der Waals surface area contributed by atoms with Gasteiger partial charge in [0.25, 0.3) is 5.91 Å². The van der Waals surface area contributed by atoms with Crippen LogP contribution in [0.5, 0.6) is 5.75 Å². The Bertz CT molecular complexity index is 751. The van der Waals surface area contributed by atoms with Gasteiger partial charge in [0, 0.05) is 10.9 Å². The minimum atomic E-state index is -2.47. The number of methoxy groups -OCH3 is 1. The van der Waals surface area contributed by atoms with E-state index in [9.17, 15) is 4.79 Å². The van der Waals surface area contributed by atoms with Gasteiger partial charge in [0.1, 0.15) is 5.75 Å². The first-order valence-corrected chi connectivity index (χ1v) is 12.3. The zero-order chi connectivity index (χ0) is 18.4. The van der Waals surface area contributed by atoms with Crippen LogP contribution in [0.3, 0.4) is 0 Å². The number of hydrogen-bond donors (Lipinski definition) is 0. The molecule has 0 spiro atoms. The summed E-state index contributed by atoms with van der Waals surface area (Å²) in [4.78, 5) is 12.9. The first kappa shape index (κ1) is 20.0. The fraction of sp³-hybridized carbons (Fsp3) is 0.278. The predicted molar refractivity (Wildman–Crippen MR) is 109 cm³/mol. The molecule has 134 valence electrons. The molecule has 1 atom stereocenters. The average molecular weight is 395 g/mol. The third-order valence-electron chi connectivity index (χ3n) is 3.51. The number of nitrogens with zero attached hydrogens (tertiary/aromatic N) is 1. The van der Waals surface area contributed by atoms with E-state index in [0.29, 0.717) is 5.56 Å². The maximum Gasteiger partial charge on any atom is 0.277 e. The van der Waals surface area contributed by atoms with Crippen molar-refractivity contribution in [1.29, 1.82) is 0 Å². The number of carbonyl (C=O) groups is 1. The zero-order valence-corrected chi connectivity index (χ0v) is 17.2. The fourth-order valence-corrected chi connectivity index (χ4v) is 5.51. The second-order valence-corrected chi connectivity index (χ2v) is 12.5. The monoisotopic (exact) mass is 395 g/mol. The minimum absolute atomic E-state index is 0.138. The van der Waals surface area contributed by atoms with E-state index in [-0.39, 0.29) is 11.9 Å². The summed E-state index contributed by atoms with van der Waals surface area (Å²) < 4.78 is 11.4. The number of hydroxylamine groups is 2. The standard InChI is InChI=1S/C18H22NO3PS2/c1-14(2)19(18(20)15-8-6-5-7-9-15)22-23(24,25-4)17-12-10-16(21-3)11-13-17/h5-14H,1-4H3. The van der Waals surface area contributed by atoms with E-state index in [2.05, 4.69) is 0 Å². The van der Waals surface area contributed by atoms with E-state index in [1.54, 1.807) is 19.2 Å². The lowest BCUT2D eigenvalue weighted by Crippen LogP contribution is -2.36. The molecule has 2 aromatic carbocycles. The Kier molecular flexibility index (Phi) is 7.08. The molecule has 0 bridgehead atoms. The molecule has 0 aliphatic carbocycles. The van der Waals surface area contributed by atoms with Crippen molar-refractivity contribution in [3.05, 3.63) is 60.2 Å². The first-order chi connectivity index (χ1) is 11.9.